The van der Waals surface area contributed by atoms with Crippen molar-refractivity contribution in [3.05, 3.63) is 24.3 Å². The summed E-state index contributed by atoms with van der Waals surface area (Å²) in [5.41, 5.74) is 0.875. The van der Waals surface area contributed by atoms with Gasteiger partial charge in [-0.1, -0.05) is 25.0 Å². The Kier molecular flexibility index (Phi) is 3.75. The Hall–Kier alpha value is -2.02. The highest BCUT2D eigenvalue weighted by atomic mass is 16.2. The van der Waals surface area contributed by atoms with Gasteiger partial charge in [-0.3, -0.25) is 4.79 Å². The van der Waals surface area contributed by atoms with Crippen LogP contribution in [0.3, 0.4) is 0 Å². The maximum Gasteiger partial charge on any atom is 0.244 e. The minimum Gasteiger partial charge on any atom is -0.376 e. The Bertz CT molecular complexity index is 510. The molecule has 1 fully saturated rings. The molecule has 1 N–H and O–H groups in total. The monoisotopic (exact) mass is 257 g/mol. The maximum absolute atomic E-state index is 12.4. The van der Waals surface area contributed by atoms with E-state index in [4.69, 9.17) is 0 Å². The van der Waals surface area contributed by atoms with E-state index in [1.54, 1.807) is 0 Å². The van der Waals surface area contributed by atoms with Crippen molar-refractivity contribution in [3.63, 3.8) is 0 Å². The minimum atomic E-state index is -0.834. The summed E-state index contributed by atoms with van der Waals surface area (Å²) in [7, 11) is 3.86. The molecule has 0 bridgehead atoms. The summed E-state index contributed by atoms with van der Waals surface area (Å²) in [5.74, 6) is -0.165. The number of hydrogen-bond donors (Lipinski definition) is 1. The molecule has 1 aromatic carbocycles. The molecule has 2 rings (SSSR count). The van der Waals surface area contributed by atoms with Crippen molar-refractivity contribution < 1.29 is 4.79 Å². The van der Waals surface area contributed by atoms with Gasteiger partial charge in [-0.05, 0) is 25.0 Å². The molecule has 0 aliphatic heterocycles. The first-order valence-electron chi connectivity index (χ1n) is 6.58. The lowest BCUT2D eigenvalue weighted by atomic mass is 9.87. The molecule has 0 atom stereocenters. The van der Waals surface area contributed by atoms with Crippen LogP contribution in [0.5, 0.6) is 0 Å². The molecule has 19 heavy (non-hydrogen) atoms. The second kappa shape index (κ2) is 5.31. The Balaban J connectivity index is 2.22. The van der Waals surface area contributed by atoms with Crippen molar-refractivity contribution in [3.8, 4) is 6.07 Å². The number of nitrogens with zero attached hydrogens (tertiary/aromatic N) is 2. The number of para-hydroxylation sites is 2. The molecule has 1 saturated carbocycles. The van der Waals surface area contributed by atoms with Crippen molar-refractivity contribution in [2.75, 3.05) is 24.3 Å². The van der Waals surface area contributed by atoms with Gasteiger partial charge in [0, 0.05) is 14.1 Å². The van der Waals surface area contributed by atoms with Gasteiger partial charge in [-0.2, -0.15) is 5.26 Å². The zero-order valence-electron chi connectivity index (χ0n) is 11.4. The van der Waals surface area contributed by atoms with Gasteiger partial charge in [0.1, 0.15) is 5.41 Å². The highest BCUT2D eigenvalue weighted by molar-refractivity contribution is 5.99. The van der Waals surface area contributed by atoms with Crippen LogP contribution in [0.25, 0.3) is 0 Å². The van der Waals surface area contributed by atoms with E-state index in [2.05, 4.69) is 11.4 Å². The molecule has 0 radical (unpaired) electrons. The Morgan fingerprint density at radius 1 is 1.32 bits per heavy atom. The normalized spacial score (nSPS) is 16.7. The van der Waals surface area contributed by atoms with Crippen LogP contribution in [-0.4, -0.2) is 20.0 Å². The van der Waals surface area contributed by atoms with Gasteiger partial charge < -0.3 is 10.2 Å². The van der Waals surface area contributed by atoms with Gasteiger partial charge in [-0.25, -0.2) is 0 Å². The Labute approximate surface area is 114 Å². The molecule has 1 aromatic rings. The maximum atomic E-state index is 12.4. The minimum absolute atomic E-state index is 0.165. The highest BCUT2D eigenvalue weighted by Crippen LogP contribution is 2.39. The molecule has 1 aliphatic carbocycles. The fourth-order valence-electron chi connectivity index (χ4n) is 2.58. The van der Waals surface area contributed by atoms with Crippen LogP contribution in [0.15, 0.2) is 24.3 Å². The number of amides is 1. The average Bonchev–Trinajstić information content (AvgIpc) is 2.89. The van der Waals surface area contributed by atoms with E-state index in [1.807, 2.05) is 43.3 Å². The predicted molar refractivity (Wildman–Crippen MR) is 75.9 cm³/mol. The van der Waals surface area contributed by atoms with Gasteiger partial charge in [0.05, 0.1) is 17.4 Å². The molecule has 0 spiro atoms. The van der Waals surface area contributed by atoms with Crippen molar-refractivity contribution in [2.45, 2.75) is 25.7 Å². The highest BCUT2D eigenvalue weighted by Gasteiger charge is 2.41. The molecule has 100 valence electrons. The second-order valence-corrected chi connectivity index (χ2v) is 5.27. The summed E-state index contributed by atoms with van der Waals surface area (Å²) in [6.45, 7) is 0. The van der Waals surface area contributed by atoms with Gasteiger partial charge in [0.2, 0.25) is 5.91 Å². The lowest BCUT2D eigenvalue weighted by Crippen LogP contribution is -2.32. The van der Waals surface area contributed by atoms with Crippen LogP contribution in [0, 0.1) is 16.7 Å². The largest absolute Gasteiger partial charge is 0.376 e. The fraction of sp³-hybridized carbons (Fsp3) is 0.467. The SMILES string of the molecule is CN(C)c1ccccc1NC(=O)C1(C#N)CCCC1. The van der Waals surface area contributed by atoms with Crippen molar-refractivity contribution >= 4 is 17.3 Å². The molecule has 4 nitrogen and oxygen atoms in total. The number of rotatable bonds is 3. The van der Waals surface area contributed by atoms with Gasteiger partial charge in [0.15, 0.2) is 0 Å². The summed E-state index contributed by atoms with van der Waals surface area (Å²) < 4.78 is 0. The molecule has 1 aliphatic rings. The Morgan fingerprint density at radius 2 is 1.95 bits per heavy atom. The molecular weight excluding hydrogens is 238 g/mol. The number of carbonyl (C=O) groups is 1. The van der Waals surface area contributed by atoms with E-state index >= 15 is 0 Å². The van der Waals surface area contributed by atoms with Gasteiger partial charge >= 0.3 is 0 Å². The molecular formula is C15H19N3O. The molecule has 1 amide bonds. The van der Waals surface area contributed by atoms with E-state index in [-0.39, 0.29) is 5.91 Å². The third-order valence-electron chi connectivity index (χ3n) is 3.74. The third kappa shape index (κ3) is 2.55. The smallest absolute Gasteiger partial charge is 0.244 e. The quantitative estimate of drug-likeness (QED) is 0.905. The van der Waals surface area contributed by atoms with E-state index in [0.717, 1.165) is 24.2 Å². The molecule has 4 heteroatoms. The number of nitrogens with one attached hydrogen (secondary N) is 1. The summed E-state index contributed by atoms with van der Waals surface area (Å²) in [6.07, 6.45) is 3.24. The Morgan fingerprint density at radius 3 is 2.53 bits per heavy atom. The van der Waals surface area contributed by atoms with E-state index in [1.165, 1.54) is 0 Å². The predicted octanol–water partition coefficient (Wildman–Crippen LogP) is 2.78. The molecule has 0 heterocycles. The topological polar surface area (TPSA) is 56.1 Å². The van der Waals surface area contributed by atoms with Gasteiger partial charge in [-0.15, -0.1) is 0 Å². The zero-order chi connectivity index (χ0) is 13.9. The van der Waals surface area contributed by atoms with E-state index < -0.39 is 5.41 Å². The fourth-order valence-corrected chi connectivity index (χ4v) is 2.58. The van der Waals surface area contributed by atoms with Gasteiger partial charge in [0.25, 0.3) is 0 Å². The standard InChI is InChI=1S/C15H19N3O/c1-18(2)13-8-4-3-7-12(13)17-14(19)15(11-16)9-5-6-10-15/h3-4,7-8H,5-6,9-10H2,1-2H3,(H,17,19). The lowest BCUT2D eigenvalue weighted by molar-refractivity contribution is -0.122. The van der Waals surface area contributed by atoms with Crippen LogP contribution in [-0.2, 0) is 4.79 Å². The third-order valence-corrected chi connectivity index (χ3v) is 3.74. The first-order valence-corrected chi connectivity index (χ1v) is 6.58. The van der Waals surface area contributed by atoms with Crippen molar-refractivity contribution in [1.29, 1.82) is 5.26 Å². The summed E-state index contributed by atoms with van der Waals surface area (Å²) >= 11 is 0. The number of hydrogen-bond acceptors (Lipinski definition) is 3. The molecule has 0 saturated heterocycles. The first kappa shape index (κ1) is 13.4. The molecule has 0 unspecified atom stereocenters. The number of carbonyl (C=O) groups excluding carboxylic acids is 1. The zero-order valence-corrected chi connectivity index (χ0v) is 11.4. The summed E-state index contributed by atoms with van der Waals surface area (Å²) in [6, 6.07) is 9.85. The van der Waals surface area contributed by atoms with Crippen LogP contribution in [0.4, 0.5) is 11.4 Å². The summed E-state index contributed by atoms with van der Waals surface area (Å²) in [4.78, 5) is 14.3. The van der Waals surface area contributed by atoms with E-state index in [0.29, 0.717) is 12.8 Å². The second-order valence-electron chi connectivity index (χ2n) is 5.27. The summed E-state index contributed by atoms with van der Waals surface area (Å²) in [5, 5.41) is 12.2. The average molecular weight is 257 g/mol. The van der Waals surface area contributed by atoms with E-state index in [9.17, 15) is 10.1 Å². The number of anilines is 2. The van der Waals surface area contributed by atoms with Crippen LogP contribution >= 0.6 is 0 Å². The van der Waals surface area contributed by atoms with Crippen LogP contribution in [0.1, 0.15) is 25.7 Å². The number of benzene rings is 1. The first-order chi connectivity index (χ1) is 9.09. The molecule has 0 aromatic heterocycles. The van der Waals surface area contributed by atoms with Crippen LogP contribution < -0.4 is 10.2 Å². The van der Waals surface area contributed by atoms with Crippen LogP contribution in [0.2, 0.25) is 0 Å². The van der Waals surface area contributed by atoms with Crippen molar-refractivity contribution in [2.24, 2.45) is 5.41 Å². The van der Waals surface area contributed by atoms with Crippen molar-refractivity contribution in [1.82, 2.24) is 0 Å². The lowest BCUT2D eigenvalue weighted by Gasteiger charge is -2.22. The number of nitriles is 1.